The van der Waals surface area contributed by atoms with Gasteiger partial charge >= 0.3 is 0 Å². The molecule has 0 aliphatic heterocycles. The van der Waals surface area contributed by atoms with Crippen molar-refractivity contribution >= 4 is 31.9 Å². The molecule has 0 atom stereocenters. The molecule has 6 nitrogen and oxygen atoms in total. The molecule has 0 aromatic heterocycles. The fraction of sp³-hybridized carbons (Fsp3) is 0.174. The lowest BCUT2D eigenvalue weighted by Crippen LogP contribution is -2.30. The zero-order valence-electron chi connectivity index (χ0n) is 17.3. The van der Waals surface area contributed by atoms with Gasteiger partial charge in [0.2, 0.25) is 0 Å². The van der Waals surface area contributed by atoms with E-state index in [2.05, 4.69) is 20.7 Å². The maximum Gasteiger partial charge on any atom is 0.265 e. The number of carbonyl (C=O) groups excluding carboxylic acids is 1. The Kier molecular flexibility index (Phi) is 7.02. The van der Waals surface area contributed by atoms with Crippen molar-refractivity contribution in [1.29, 1.82) is 0 Å². The molecule has 31 heavy (non-hydrogen) atoms. The van der Waals surface area contributed by atoms with Gasteiger partial charge in [0, 0.05) is 10.0 Å². The minimum atomic E-state index is -4.01. The summed E-state index contributed by atoms with van der Waals surface area (Å²) in [5.41, 5.74) is 3.36. The van der Waals surface area contributed by atoms with E-state index < -0.39 is 15.9 Å². The second-order valence-electron chi connectivity index (χ2n) is 6.91. The van der Waals surface area contributed by atoms with Crippen LogP contribution in [0.1, 0.15) is 27.0 Å². The first-order valence-corrected chi connectivity index (χ1v) is 11.7. The number of ether oxygens (including phenoxy) is 2. The smallest absolute Gasteiger partial charge is 0.265 e. The number of aryl methyl sites for hydroxylation is 2. The molecule has 0 unspecified atom stereocenters. The Morgan fingerprint density at radius 1 is 0.968 bits per heavy atom. The third kappa shape index (κ3) is 5.45. The van der Waals surface area contributed by atoms with Gasteiger partial charge in [0.05, 0.1) is 12.0 Å². The van der Waals surface area contributed by atoms with Gasteiger partial charge in [0.1, 0.15) is 6.61 Å². The zero-order chi connectivity index (χ0) is 22.6. The van der Waals surface area contributed by atoms with Crippen molar-refractivity contribution in [3.05, 3.63) is 87.4 Å². The summed E-state index contributed by atoms with van der Waals surface area (Å²) in [7, 11) is -2.51. The number of carbonyl (C=O) groups is 1. The highest BCUT2D eigenvalue weighted by atomic mass is 79.9. The molecule has 1 amide bonds. The molecule has 0 aliphatic rings. The largest absolute Gasteiger partial charge is 0.493 e. The van der Waals surface area contributed by atoms with Crippen LogP contribution < -0.4 is 14.2 Å². The number of benzene rings is 3. The van der Waals surface area contributed by atoms with E-state index in [1.165, 1.54) is 31.4 Å². The minimum Gasteiger partial charge on any atom is -0.493 e. The molecule has 0 bridgehead atoms. The molecule has 0 radical (unpaired) electrons. The Balaban J connectivity index is 1.82. The first-order chi connectivity index (χ1) is 14.7. The van der Waals surface area contributed by atoms with E-state index in [1.807, 2.05) is 32.0 Å². The van der Waals surface area contributed by atoms with Gasteiger partial charge in [-0.2, -0.15) is 0 Å². The molecule has 0 spiro atoms. The number of methoxy groups -OCH3 is 1. The number of hydrogen-bond donors (Lipinski definition) is 1. The summed E-state index contributed by atoms with van der Waals surface area (Å²) in [4.78, 5) is 12.6. The van der Waals surface area contributed by atoms with Gasteiger partial charge < -0.3 is 9.47 Å². The summed E-state index contributed by atoms with van der Waals surface area (Å²) in [6.07, 6.45) is 0. The van der Waals surface area contributed by atoms with E-state index >= 15 is 0 Å². The topological polar surface area (TPSA) is 81.7 Å². The average molecular weight is 504 g/mol. The SMILES string of the molecule is COc1ccc(C(=O)NS(=O)(=O)c2ccc(Br)cc2)cc1OCc1c(C)cccc1C. The van der Waals surface area contributed by atoms with Crippen LogP contribution in [0, 0.1) is 13.8 Å². The van der Waals surface area contributed by atoms with Crippen LogP contribution in [-0.4, -0.2) is 21.4 Å². The van der Waals surface area contributed by atoms with Crippen LogP contribution in [0.15, 0.2) is 70.0 Å². The Morgan fingerprint density at radius 2 is 1.61 bits per heavy atom. The van der Waals surface area contributed by atoms with Crippen molar-refractivity contribution in [1.82, 2.24) is 4.72 Å². The molecule has 0 heterocycles. The van der Waals surface area contributed by atoms with Crippen molar-refractivity contribution in [2.75, 3.05) is 7.11 Å². The van der Waals surface area contributed by atoms with Crippen LogP contribution >= 0.6 is 15.9 Å². The van der Waals surface area contributed by atoms with Crippen LogP contribution in [0.4, 0.5) is 0 Å². The molecule has 0 fully saturated rings. The van der Waals surface area contributed by atoms with Crippen LogP contribution in [0.3, 0.4) is 0 Å². The van der Waals surface area contributed by atoms with E-state index in [0.29, 0.717) is 11.5 Å². The van der Waals surface area contributed by atoms with Crippen LogP contribution in [0.2, 0.25) is 0 Å². The monoisotopic (exact) mass is 503 g/mol. The van der Waals surface area contributed by atoms with Crippen LogP contribution in [0.5, 0.6) is 11.5 Å². The summed E-state index contributed by atoms with van der Waals surface area (Å²) in [5, 5.41) is 0. The second kappa shape index (κ2) is 9.53. The molecule has 3 aromatic carbocycles. The number of amides is 1. The third-order valence-corrected chi connectivity index (χ3v) is 6.67. The molecule has 0 saturated heterocycles. The molecule has 0 saturated carbocycles. The quantitative estimate of drug-likeness (QED) is 0.501. The third-order valence-electron chi connectivity index (χ3n) is 4.79. The molecular weight excluding hydrogens is 482 g/mol. The van der Waals surface area contributed by atoms with Gasteiger partial charge in [-0.25, -0.2) is 13.1 Å². The standard InChI is InChI=1S/C23H22BrNO5S/c1-15-5-4-6-16(2)20(15)14-30-22-13-17(7-12-21(22)29-3)23(26)25-31(27,28)19-10-8-18(24)9-11-19/h4-13H,14H2,1-3H3,(H,25,26). The minimum absolute atomic E-state index is 0.0101. The molecule has 3 aromatic rings. The number of hydrogen-bond acceptors (Lipinski definition) is 5. The summed E-state index contributed by atoms with van der Waals surface area (Å²) < 4.78 is 39.1. The lowest BCUT2D eigenvalue weighted by atomic mass is 10.0. The van der Waals surface area contributed by atoms with Gasteiger partial charge in [0.25, 0.3) is 15.9 Å². The first kappa shape index (κ1) is 22.8. The zero-order valence-corrected chi connectivity index (χ0v) is 19.7. The van der Waals surface area contributed by atoms with E-state index in [9.17, 15) is 13.2 Å². The number of rotatable bonds is 7. The molecule has 8 heteroatoms. The summed E-state index contributed by atoms with van der Waals surface area (Å²) in [6.45, 7) is 4.29. The van der Waals surface area contributed by atoms with E-state index in [1.54, 1.807) is 18.2 Å². The summed E-state index contributed by atoms with van der Waals surface area (Å²) in [6, 6.07) is 16.5. The Labute approximate surface area is 190 Å². The molecule has 0 aliphatic carbocycles. The predicted molar refractivity (Wildman–Crippen MR) is 122 cm³/mol. The first-order valence-electron chi connectivity index (χ1n) is 9.40. The number of sulfonamides is 1. The summed E-state index contributed by atoms with van der Waals surface area (Å²) >= 11 is 3.25. The highest BCUT2D eigenvalue weighted by Gasteiger charge is 2.20. The molecule has 162 valence electrons. The van der Waals surface area contributed by atoms with Gasteiger partial charge in [-0.1, -0.05) is 34.1 Å². The fourth-order valence-corrected chi connectivity index (χ4v) is 4.25. The maximum atomic E-state index is 12.6. The lowest BCUT2D eigenvalue weighted by molar-refractivity contribution is 0.0981. The Morgan fingerprint density at radius 3 is 2.23 bits per heavy atom. The molecule has 1 N–H and O–H groups in total. The van der Waals surface area contributed by atoms with Crippen molar-refractivity contribution in [3.8, 4) is 11.5 Å². The number of nitrogens with one attached hydrogen (secondary N) is 1. The Bertz CT molecular complexity index is 1190. The highest BCUT2D eigenvalue weighted by Crippen LogP contribution is 2.30. The average Bonchev–Trinajstić information content (AvgIpc) is 2.73. The highest BCUT2D eigenvalue weighted by molar-refractivity contribution is 9.10. The van der Waals surface area contributed by atoms with Crippen molar-refractivity contribution in [3.63, 3.8) is 0 Å². The normalized spacial score (nSPS) is 11.1. The van der Waals surface area contributed by atoms with Crippen LogP contribution in [-0.2, 0) is 16.6 Å². The molecular formula is C23H22BrNO5S. The van der Waals surface area contributed by atoms with Crippen molar-refractivity contribution in [2.24, 2.45) is 0 Å². The summed E-state index contributed by atoms with van der Waals surface area (Å²) in [5.74, 6) is 0.0277. The van der Waals surface area contributed by atoms with Gasteiger partial charge in [-0.3, -0.25) is 4.79 Å². The van der Waals surface area contributed by atoms with E-state index in [-0.39, 0.29) is 17.1 Å². The maximum absolute atomic E-state index is 12.6. The van der Waals surface area contributed by atoms with E-state index in [0.717, 1.165) is 21.2 Å². The lowest BCUT2D eigenvalue weighted by Gasteiger charge is -2.15. The predicted octanol–water partition coefficient (Wildman–Crippen LogP) is 4.77. The van der Waals surface area contributed by atoms with Gasteiger partial charge in [-0.05, 0) is 73.0 Å². The van der Waals surface area contributed by atoms with Crippen molar-refractivity contribution < 1.29 is 22.7 Å². The molecule has 3 rings (SSSR count). The van der Waals surface area contributed by atoms with Crippen molar-refractivity contribution in [2.45, 2.75) is 25.3 Å². The Hall–Kier alpha value is -2.84. The van der Waals surface area contributed by atoms with Gasteiger partial charge in [0.15, 0.2) is 11.5 Å². The van der Waals surface area contributed by atoms with Crippen LogP contribution in [0.25, 0.3) is 0 Å². The van der Waals surface area contributed by atoms with E-state index in [4.69, 9.17) is 9.47 Å². The number of halogens is 1. The van der Waals surface area contributed by atoms with Gasteiger partial charge in [-0.15, -0.1) is 0 Å². The second-order valence-corrected chi connectivity index (χ2v) is 9.51. The fourth-order valence-electron chi connectivity index (χ4n) is 3.01.